The highest BCUT2D eigenvalue weighted by Crippen LogP contribution is 2.51. The first-order valence-electron chi connectivity index (χ1n) is 13.0. The molecule has 1 heterocycles. The van der Waals surface area contributed by atoms with Crippen LogP contribution < -0.4 is 0 Å². The van der Waals surface area contributed by atoms with E-state index in [9.17, 15) is 14.7 Å². The molecule has 5 heteroatoms. The molecule has 186 valence electrons. The van der Waals surface area contributed by atoms with Gasteiger partial charge in [0.2, 0.25) is 5.91 Å². The minimum atomic E-state index is -0.978. The van der Waals surface area contributed by atoms with Crippen molar-refractivity contribution >= 4 is 11.9 Å². The Morgan fingerprint density at radius 1 is 0.833 bits per heavy atom. The van der Waals surface area contributed by atoms with Crippen molar-refractivity contribution in [2.75, 3.05) is 32.7 Å². The number of rotatable bonds is 8. The quantitative estimate of drug-likeness (QED) is 0.464. The first-order chi connectivity index (χ1) is 17.5. The molecule has 1 aliphatic carbocycles. The molecular formula is C31H34N2O3. The van der Waals surface area contributed by atoms with Crippen LogP contribution in [-0.2, 0) is 21.4 Å². The Labute approximate surface area is 213 Å². The molecule has 0 atom stereocenters. The topological polar surface area (TPSA) is 60.9 Å². The predicted octanol–water partition coefficient (Wildman–Crippen LogP) is 4.90. The summed E-state index contributed by atoms with van der Waals surface area (Å²) >= 11 is 0. The molecular weight excluding hydrogens is 448 g/mol. The lowest BCUT2D eigenvalue weighted by Gasteiger charge is -2.35. The fraction of sp³-hybridized carbons (Fsp3) is 0.355. The second-order valence-corrected chi connectivity index (χ2v) is 10.1. The number of unbranched alkanes of at least 4 members (excludes halogenated alkanes) is 1. The molecule has 1 aliphatic heterocycles. The van der Waals surface area contributed by atoms with Crippen LogP contribution in [0.5, 0.6) is 0 Å². The number of carboxylic acids is 1. The van der Waals surface area contributed by atoms with Gasteiger partial charge in [-0.3, -0.25) is 14.5 Å². The summed E-state index contributed by atoms with van der Waals surface area (Å²) < 4.78 is 0. The summed E-state index contributed by atoms with van der Waals surface area (Å²) in [7, 11) is 0. The number of piperazine rings is 1. The number of carbonyl (C=O) groups excluding carboxylic acids is 1. The van der Waals surface area contributed by atoms with Gasteiger partial charge in [0.1, 0.15) is 5.41 Å². The minimum absolute atomic E-state index is 0.196. The van der Waals surface area contributed by atoms with Crippen LogP contribution in [0.1, 0.15) is 41.5 Å². The highest BCUT2D eigenvalue weighted by atomic mass is 16.4. The molecule has 0 bridgehead atoms. The standard InChI is InChI=1S/C31H34N2O3/c1-23-9-8-10-24(21-23)22-29(34)33-19-17-32(18-20-33)16-7-6-15-31(30(35)36)27-13-4-2-11-25(27)26-12-3-5-14-28(26)31/h2-5,8-14,21H,6-7,15-20,22H2,1H3,(H,35,36). The number of nitrogens with zero attached hydrogens (tertiary/aromatic N) is 2. The Kier molecular flexibility index (Phi) is 6.92. The third-order valence-corrected chi connectivity index (χ3v) is 7.87. The molecule has 2 aliphatic rings. The van der Waals surface area contributed by atoms with Crippen molar-refractivity contribution < 1.29 is 14.7 Å². The Bertz CT molecular complexity index is 1210. The zero-order valence-electron chi connectivity index (χ0n) is 21.0. The summed E-state index contributed by atoms with van der Waals surface area (Å²) in [4.78, 5) is 29.9. The van der Waals surface area contributed by atoms with Gasteiger partial charge in [0, 0.05) is 26.2 Å². The number of hydrogen-bond donors (Lipinski definition) is 1. The molecule has 1 saturated heterocycles. The van der Waals surface area contributed by atoms with Gasteiger partial charge in [-0.15, -0.1) is 0 Å². The number of aliphatic carboxylic acids is 1. The van der Waals surface area contributed by atoms with Gasteiger partial charge < -0.3 is 10.0 Å². The van der Waals surface area contributed by atoms with Gasteiger partial charge in [0.15, 0.2) is 0 Å². The van der Waals surface area contributed by atoms with E-state index >= 15 is 0 Å². The lowest BCUT2D eigenvalue weighted by Crippen LogP contribution is -2.49. The van der Waals surface area contributed by atoms with E-state index in [0.717, 1.165) is 73.4 Å². The molecule has 0 spiro atoms. The van der Waals surface area contributed by atoms with E-state index in [1.807, 2.05) is 65.6 Å². The minimum Gasteiger partial charge on any atom is -0.480 e. The van der Waals surface area contributed by atoms with Gasteiger partial charge in [-0.1, -0.05) is 84.8 Å². The summed E-state index contributed by atoms with van der Waals surface area (Å²) in [5.41, 5.74) is 5.20. The van der Waals surface area contributed by atoms with Crippen LogP contribution in [0.4, 0.5) is 0 Å². The van der Waals surface area contributed by atoms with Crippen LogP contribution in [-0.4, -0.2) is 59.5 Å². The maximum Gasteiger partial charge on any atom is 0.318 e. The van der Waals surface area contributed by atoms with Crippen LogP contribution >= 0.6 is 0 Å². The lowest BCUT2D eigenvalue weighted by atomic mass is 9.74. The Morgan fingerprint density at radius 2 is 1.47 bits per heavy atom. The number of hydrogen-bond acceptors (Lipinski definition) is 3. The van der Waals surface area contributed by atoms with Gasteiger partial charge in [-0.05, 0) is 54.1 Å². The molecule has 3 aromatic rings. The number of carbonyl (C=O) groups is 2. The number of amides is 1. The molecule has 5 nitrogen and oxygen atoms in total. The van der Waals surface area contributed by atoms with Gasteiger partial charge in [-0.2, -0.15) is 0 Å². The molecule has 1 fully saturated rings. The fourth-order valence-corrected chi connectivity index (χ4v) is 5.99. The molecule has 0 unspecified atom stereocenters. The third-order valence-electron chi connectivity index (χ3n) is 7.87. The monoisotopic (exact) mass is 482 g/mol. The lowest BCUT2D eigenvalue weighted by molar-refractivity contribution is -0.142. The van der Waals surface area contributed by atoms with Crippen LogP contribution in [0, 0.1) is 6.92 Å². The number of benzene rings is 3. The van der Waals surface area contributed by atoms with Crippen LogP contribution in [0.15, 0.2) is 72.8 Å². The summed E-state index contributed by atoms with van der Waals surface area (Å²) in [5.74, 6) is -0.567. The van der Waals surface area contributed by atoms with Crippen LogP contribution in [0.2, 0.25) is 0 Å². The average molecular weight is 483 g/mol. The maximum absolute atomic E-state index is 12.7. The van der Waals surface area contributed by atoms with Crippen molar-refractivity contribution in [2.24, 2.45) is 0 Å². The Balaban J connectivity index is 1.15. The first-order valence-corrected chi connectivity index (χ1v) is 13.0. The summed E-state index contributed by atoms with van der Waals surface area (Å²) in [6.07, 6.45) is 2.82. The molecule has 3 aromatic carbocycles. The number of carboxylic acid groups (broad SMARTS) is 1. The molecule has 0 aromatic heterocycles. The zero-order chi connectivity index (χ0) is 25.1. The SMILES string of the molecule is Cc1cccc(CC(=O)N2CCN(CCCCC3(C(=O)O)c4ccccc4-c4ccccc43)CC2)c1. The third kappa shape index (κ3) is 4.56. The van der Waals surface area contributed by atoms with Crippen molar-refractivity contribution in [3.8, 4) is 11.1 Å². The van der Waals surface area contributed by atoms with E-state index in [4.69, 9.17) is 0 Å². The van der Waals surface area contributed by atoms with E-state index in [1.54, 1.807) is 0 Å². The predicted molar refractivity (Wildman–Crippen MR) is 142 cm³/mol. The fourth-order valence-electron chi connectivity index (χ4n) is 5.99. The summed E-state index contributed by atoms with van der Waals surface area (Å²) in [6, 6.07) is 24.1. The van der Waals surface area contributed by atoms with E-state index in [1.165, 1.54) is 5.56 Å². The van der Waals surface area contributed by atoms with Crippen molar-refractivity contribution in [1.82, 2.24) is 9.80 Å². The van der Waals surface area contributed by atoms with Crippen molar-refractivity contribution in [2.45, 2.75) is 38.0 Å². The summed E-state index contributed by atoms with van der Waals surface area (Å²) in [5, 5.41) is 10.5. The van der Waals surface area contributed by atoms with Gasteiger partial charge in [0.05, 0.1) is 6.42 Å². The molecule has 0 radical (unpaired) electrons. The first kappa shape index (κ1) is 24.3. The van der Waals surface area contributed by atoms with Crippen LogP contribution in [0.25, 0.3) is 11.1 Å². The second kappa shape index (κ2) is 10.3. The largest absolute Gasteiger partial charge is 0.480 e. The molecule has 1 N–H and O–H groups in total. The van der Waals surface area contributed by atoms with Crippen molar-refractivity contribution in [3.05, 3.63) is 95.1 Å². The average Bonchev–Trinajstić information content (AvgIpc) is 3.18. The van der Waals surface area contributed by atoms with Gasteiger partial charge in [-0.25, -0.2) is 0 Å². The smallest absolute Gasteiger partial charge is 0.318 e. The molecule has 0 saturated carbocycles. The highest BCUT2D eigenvalue weighted by Gasteiger charge is 2.48. The van der Waals surface area contributed by atoms with Crippen molar-refractivity contribution in [3.63, 3.8) is 0 Å². The van der Waals surface area contributed by atoms with Crippen LogP contribution in [0.3, 0.4) is 0 Å². The molecule has 5 rings (SSSR count). The normalized spacial score (nSPS) is 16.4. The van der Waals surface area contributed by atoms with E-state index in [-0.39, 0.29) is 5.91 Å². The second-order valence-electron chi connectivity index (χ2n) is 10.1. The van der Waals surface area contributed by atoms with E-state index in [0.29, 0.717) is 12.8 Å². The number of aryl methyl sites for hydroxylation is 1. The Morgan fingerprint density at radius 3 is 2.08 bits per heavy atom. The van der Waals surface area contributed by atoms with Gasteiger partial charge >= 0.3 is 5.97 Å². The number of fused-ring (bicyclic) bond motifs is 3. The maximum atomic E-state index is 12.7. The van der Waals surface area contributed by atoms with Gasteiger partial charge in [0.25, 0.3) is 0 Å². The molecule has 1 amide bonds. The Hall–Kier alpha value is -3.44. The summed E-state index contributed by atoms with van der Waals surface area (Å²) in [6.45, 7) is 6.23. The van der Waals surface area contributed by atoms with Crippen molar-refractivity contribution in [1.29, 1.82) is 0 Å². The zero-order valence-corrected chi connectivity index (χ0v) is 21.0. The highest BCUT2D eigenvalue weighted by molar-refractivity contribution is 5.97. The van der Waals surface area contributed by atoms with E-state index in [2.05, 4.69) is 24.0 Å². The van der Waals surface area contributed by atoms with E-state index < -0.39 is 11.4 Å². The molecule has 36 heavy (non-hydrogen) atoms.